The summed E-state index contributed by atoms with van der Waals surface area (Å²) in [6.45, 7) is 0. The second kappa shape index (κ2) is 4.46. The third-order valence-electron chi connectivity index (χ3n) is 3.23. The molecule has 0 bridgehead atoms. The van der Waals surface area contributed by atoms with E-state index >= 15 is 0 Å². The summed E-state index contributed by atoms with van der Waals surface area (Å²) in [6, 6.07) is 10.0. The molecule has 0 amide bonds. The van der Waals surface area contributed by atoms with Gasteiger partial charge in [-0.05, 0) is 31.2 Å². The van der Waals surface area contributed by atoms with E-state index in [0.717, 1.165) is 34.8 Å². The maximum absolute atomic E-state index is 6.46. The van der Waals surface area contributed by atoms with Crippen LogP contribution in [0.15, 0.2) is 30.3 Å². The Kier molecular flexibility index (Phi) is 2.81. The Balaban J connectivity index is 2.13. The highest BCUT2D eigenvalue weighted by Crippen LogP contribution is 2.32. The summed E-state index contributed by atoms with van der Waals surface area (Å²) in [5.41, 5.74) is 4.14. The Labute approximate surface area is 106 Å². The van der Waals surface area contributed by atoms with Crippen LogP contribution < -0.4 is 0 Å². The molecule has 0 aliphatic heterocycles. The quantitative estimate of drug-likeness (QED) is 0.765. The van der Waals surface area contributed by atoms with E-state index < -0.39 is 0 Å². The second-order valence-corrected chi connectivity index (χ2v) is 4.74. The highest BCUT2D eigenvalue weighted by molar-refractivity contribution is 6.33. The van der Waals surface area contributed by atoms with Crippen LogP contribution in [0.25, 0.3) is 11.3 Å². The second-order valence-electron chi connectivity index (χ2n) is 4.36. The van der Waals surface area contributed by atoms with Crippen molar-refractivity contribution >= 4 is 11.6 Å². The van der Waals surface area contributed by atoms with Gasteiger partial charge in [0.25, 0.3) is 0 Å². The molecule has 1 heterocycles. The van der Waals surface area contributed by atoms with Gasteiger partial charge in [0.15, 0.2) is 0 Å². The van der Waals surface area contributed by atoms with Gasteiger partial charge in [-0.3, -0.25) is 0 Å². The van der Waals surface area contributed by atoms with Crippen molar-refractivity contribution in [3.8, 4) is 11.3 Å². The normalized spacial score (nSPS) is 14.4. The van der Waals surface area contributed by atoms with Crippen LogP contribution in [0.2, 0.25) is 5.02 Å². The van der Waals surface area contributed by atoms with E-state index in [-0.39, 0.29) is 0 Å². The number of rotatable bonds is 1. The third-order valence-corrected chi connectivity index (χ3v) is 3.64. The average molecular weight is 245 g/mol. The summed E-state index contributed by atoms with van der Waals surface area (Å²) < 4.78 is 0. The zero-order valence-electron chi connectivity index (χ0n) is 9.49. The average Bonchev–Trinajstić information content (AvgIpc) is 2.40. The van der Waals surface area contributed by atoms with Gasteiger partial charge in [0.1, 0.15) is 5.69 Å². The number of fused-ring (bicyclic) bond motifs is 1. The molecular weight excluding hydrogens is 232 g/mol. The van der Waals surface area contributed by atoms with Crippen LogP contribution in [-0.4, -0.2) is 10.2 Å². The summed E-state index contributed by atoms with van der Waals surface area (Å²) >= 11 is 6.46. The van der Waals surface area contributed by atoms with Crippen LogP contribution >= 0.6 is 11.6 Å². The number of benzene rings is 1. The topological polar surface area (TPSA) is 25.8 Å². The Hall–Kier alpha value is -1.41. The van der Waals surface area contributed by atoms with Gasteiger partial charge in [-0.25, -0.2) is 0 Å². The van der Waals surface area contributed by atoms with Crippen molar-refractivity contribution in [3.63, 3.8) is 0 Å². The highest BCUT2D eigenvalue weighted by atomic mass is 35.5. The van der Waals surface area contributed by atoms with Gasteiger partial charge >= 0.3 is 0 Å². The minimum absolute atomic E-state index is 0.793. The molecule has 0 radical (unpaired) electrons. The summed E-state index contributed by atoms with van der Waals surface area (Å²) in [6.07, 6.45) is 4.44. The van der Waals surface area contributed by atoms with Crippen LogP contribution in [0.4, 0.5) is 0 Å². The highest BCUT2D eigenvalue weighted by Gasteiger charge is 2.18. The molecule has 2 aromatic rings. The SMILES string of the molecule is Clc1c(-c2ccccc2)nnc2c1CCCC2. The summed E-state index contributed by atoms with van der Waals surface area (Å²) in [5.74, 6) is 0. The number of aryl methyl sites for hydroxylation is 1. The molecule has 1 aliphatic carbocycles. The first-order chi connectivity index (χ1) is 8.36. The van der Waals surface area contributed by atoms with Crippen LogP contribution in [0, 0.1) is 0 Å². The molecule has 2 nitrogen and oxygen atoms in total. The molecule has 0 fully saturated rings. The molecule has 1 aromatic carbocycles. The monoisotopic (exact) mass is 244 g/mol. The lowest BCUT2D eigenvalue weighted by atomic mass is 9.95. The van der Waals surface area contributed by atoms with Crippen molar-refractivity contribution in [2.75, 3.05) is 0 Å². The summed E-state index contributed by atoms with van der Waals surface area (Å²) in [7, 11) is 0. The van der Waals surface area contributed by atoms with Crippen molar-refractivity contribution < 1.29 is 0 Å². The van der Waals surface area contributed by atoms with Gasteiger partial charge in [0, 0.05) is 5.56 Å². The van der Waals surface area contributed by atoms with Crippen molar-refractivity contribution in [1.29, 1.82) is 0 Å². The molecule has 0 unspecified atom stereocenters. The lowest BCUT2D eigenvalue weighted by Crippen LogP contribution is -2.08. The first-order valence-electron chi connectivity index (χ1n) is 5.95. The van der Waals surface area contributed by atoms with Gasteiger partial charge < -0.3 is 0 Å². The molecule has 3 rings (SSSR count). The van der Waals surface area contributed by atoms with Crippen molar-refractivity contribution in [1.82, 2.24) is 10.2 Å². The van der Waals surface area contributed by atoms with Gasteiger partial charge in [-0.15, -0.1) is 5.10 Å². The Morgan fingerprint density at radius 1 is 0.941 bits per heavy atom. The van der Waals surface area contributed by atoms with Crippen LogP contribution in [0.5, 0.6) is 0 Å². The van der Waals surface area contributed by atoms with Gasteiger partial charge in [-0.2, -0.15) is 5.10 Å². The molecule has 1 aromatic heterocycles. The standard InChI is InChI=1S/C14H13ClN2/c15-13-11-8-4-5-9-12(11)16-17-14(13)10-6-2-1-3-7-10/h1-3,6-7H,4-5,8-9H2. The summed E-state index contributed by atoms with van der Waals surface area (Å²) in [4.78, 5) is 0. The van der Waals surface area contributed by atoms with E-state index in [1.54, 1.807) is 0 Å². The summed E-state index contributed by atoms with van der Waals surface area (Å²) in [5, 5.41) is 9.39. The minimum atomic E-state index is 0.793. The Morgan fingerprint density at radius 2 is 1.71 bits per heavy atom. The number of nitrogens with zero attached hydrogens (tertiary/aromatic N) is 2. The van der Waals surface area contributed by atoms with E-state index in [1.165, 1.54) is 18.4 Å². The molecule has 0 atom stereocenters. The largest absolute Gasteiger partial charge is 0.155 e. The Morgan fingerprint density at radius 3 is 2.53 bits per heavy atom. The molecule has 17 heavy (non-hydrogen) atoms. The fraction of sp³-hybridized carbons (Fsp3) is 0.286. The maximum Gasteiger partial charge on any atom is 0.112 e. The van der Waals surface area contributed by atoms with Crippen LogP contribution in [0.3, 0.4) is 0 Å². The predicted molar refractivity (Wildman–Crippen MR) is 69.1 cm³/mol. The molecule has 86 valence electrons. The minimum Gasteiger partial charge on any atom is -0.155 e. The first kappa shape index (κ1) is 10.7. The predicted octanol–water partition coefficient (Wildman–Crippen LogP) is 3.68. The van der Waals surface area contributed by atoms with Crippen LogP contribution in [-0.2, 0) is 12.8 Å². The number of hydrogen-bond donors (Lipinski definition) is 0. The molecular formula is C14H13ClN2. The maximum atomic E-state index is 6.46. The van der Waals surface area contributed by atoms with E-state index in [1.807, 2.05) is 30.3 Å². The molecule has 0 saturated carbocycles. The van der Waals surface area contributed by atoms with Crippen molar-refractivity contribution in [2.24, 2.45) is 0 Å². The van der Waals surface area contributed by atoms with Crippen molar-refractivity contribution in [2.45, 2.75) is 25.7 Å². The van der Waals surface area contributed by atoms with Crippen molar-refractivity contribution in [3.05, 3.63) is 46.6 Å². The van der Waals surface area contributed by atoms with Gasteiger partial charge in [-0.1, -0.05) is 41.9 Å². The van der Waals surface area contributed by atoms with E-state index in [9.17, 15) is 0 Å². The zero-order chi connectivity index (χ0) is 11.7. The first-order valence-corrected chi connectivity index (χ1v) is 6.33. The number of halogens is 1. The lowest BCUT2D eigenvalue weighted by Gasteiger charge is -2.16. The zero-order valence-corrected chi connectivity index (χ0v) is 10.2. The molecule has 0 spiro atoms. The van der Waals surface area contributed by atoms with E-state index in [2.05, 4.69) is 10.2 Å². The lowest BCUT2D eigenvalue weighted by molar-refractivity contribution is 0.655. The third kappa shape index (κ3) is 1.93. The van der Waals surface area contributed by atoms with Gasteiger partial charge in [0.2, 0.25) is 0 Å². The molecule has 3 heteroatoms. The Bertz CT molecular complexity index is 537. The molecule has 1 aliphatic rings. The smallest absolute Gasteiger partial charge is 0.112 e. The molecule has 0 N–H and O–H groups in total. The van der Waals surface area contributed by atoms with E-state index in [0.29, 0.717) is 0 Å². The molecule has 0 saturated heterocycles. The van der Waals surface area contributed by atoms with Crippen LogP contribution in [0.1, 0.15) is 24.1 Å². The van der Waals surface area contributed by atoms with Gasteiger partial charge in [0.05, 0.1) is 10.7 Å². The number of hydrogen-bond acceptors (Lipinski definition) is 2. The van der Waals surface area contributed by atoms with E-state index in [4.69, 9.17) is 11.6 Å². The fourth-order valence-corrected chi connectivity index (χ4v) is 2.66. The number of aromatic nitrogens is 2. The fourth-order valence-electron chi connectivity index (χ4n) is 2.31.